The number of hydrogen-bond donors (Lipinski definition) is 3. The number of primary amides is 1. The maximum atomic E-state index is 13.4. The summed E-state index contributed by atoms with van der Waals surface area (Å²) in [7, 11) is 0. The molecule has 5 N–H and O–H groups in total. The van der Waals surface area contributed by atoms with Crippen molar-refractivity contribution in [1.29, 1.82) is 0 Å². The van der Waals surface area contributed by atoms with Crippen molar-refractivity contribution in [3.8, 4) is 0 Å². The van der Waals surface area contributed by atoms with Gasteiger partial charge in [0.15, 0.2) is 0 Å². The Morgan fingerprint density at radius 2 is 2.12 bits per heavy atom. The third kappa shape index (κ3) is 3.42. The van der Waals surface area contributed by atoms with Gasteiger partial charge in [0.1, 0.15) is 5.82 Å². The second-order valence-electron chi connectivity index (χ2n) is 4.32. The van der Waals surface area contributed by atoms with Crippen LogP contribution in [0.3, 0.4) is 0 Å². The van der Waals surface area contributed by atoms with Gasteiger partial charge in [-0.2, -0.15) is 0 Å². The van der Waals surface area contributed by atoms with Gasteiger partial charge >= 0.3 is 0 Å². The van der Waals surface area contributed by atoms with Crippen molar-refractivity contribution in [2.75, 3.05) is 11.9 Å². The highest BCUT2D eigenvalue weighted by Crippen LogP contribution is 2.18. The molecule has 1 amide bonds. The molecule has 0 saturated carbocycles. The molecule has 0 heterocycles. The van der Waals surface area contributed by atoms with Crippen LogP contribution >= 0.6 is 0 Å². The fourth-order valence-corrected chi connectivity index (χ4v) is 1.39. The Morgan fingerprint density at radius 3 is 2.65 bits per heavy atom. The van der Waals surface area contributed by atoms with Crippen molar-refractivity contribution in [3.63, 3.8) is 0 Å². The van der Waals surface area contributed by atoms with Gasteiger partial charge in [-0.25, -0.2) is 4.39 Å². The Kier molecular flexibility index (Phi) is 4.45. The van der Waals surface area contributed by atoms with Gasteiger partial charge in [-0.15, -0.1) is 0 Å². The first-order chi connectivity index (χ1) is 7.93. The Bertz CT molecular complexity index is 407. The molecule has 1 aromatic rings. The summed E-state index contributed by atoms with van der Waals surface area (Å²) in [5.41, 5.74) is 11.2. The molecule has 4 nitrogen and oxygen atoms in total. The predicted octanol–water partition coefficient (Wildman–Crippen LogP) is 1.32. The van der Waals surface area contributed by atoms with Crippen molar-refractivity contribution in [2.45, 2.75) is 19.9 Å². The van der Waals surface area contributed by atoms with Gasteiger partial charge < -0.3 is 16.8 Å². The van der Waals surface area contributed by atoms with Gasteiger partial charge in [-0.05, 0) is 18.1 Å². The van der Waals surface area contributed by atoms with E-state index < -0.39 is 11.7 Å². The topological polar surface area (TPSA) is 81.1 Å². The van der Waals surface area contributed by atoms with Crippen molar-refractivity contribution < 1.29 is 9.18 Å². The lowest BCUT2D eigenvalue weighted by molar-refractivity contribution is 0.0997. The second-order valence-corrected chi connectivity index (χ2v) is 4.32. The first-order valence-corrected chi connectivity index (χ1v) is 5.51. The molecule has 0 saturated heterocycles. The Morgan fingerprint density at radius 1 is 1.47 bits per heavy atom. The molecule has 0 radical (unpaired) electrons. The largest absolute Gasteiger partial charge is 0.383 e. The molecule has 0 aliphatic rings. The van der Waals surface area contributed by atoms with Crippen LogP contribution in [0, 0.1) is 11.7 Å². The van der Waals surface area contributed by atoms with Crippen LogP contribution in [0.15, 0.2) is 18.2 Å². The van der Waals surface area contributed by atoms with E-state index in [2.05, 4.69) is 5.32 Å². The van der Waals surface area contributed by atoms with E-state index in [1.165, 1.54) is 12.1 Å². The number of benzene rings is 1. The van der Waals surface area contributed by atoms with Gasteiger partial charge in [0.05, 0.1) is 5.56 Å². The maximum absolute atomic E-state index is 13.4. The third-order valence-electron chi connectivity index (χ3n) is 2.64. The van der Waals surface area contributed by atoms with E-state index in [0.29, 0.717) is 18.2 Å². The number of nitrogens with one attached hydrogen (secondary N) is 1. The highest BCUT2D eigenvalue weighted by atomic mass is 19.1. The molecule has 1 unspecified atom stereocenters. The minimum Gasteiger partial charge on any atom is -0.383 e. The monoisotopic (exact) mass is 239 g/mol. The van der Waals surface area contributed by atoms with E-state index in [9.17, 15) is 9.18 Å². The number of hydrogen-bond acceptors (Lipinski definition) is 3. The number of carbonyl (C=O) groups is 1. The second kappa shape index (κ2) is 5.63. The van der Waals surface area contributed by atoms with Crippen molar-refractivity contribution >= 4 is 11.6 Å². The van der Waals surface area contributed by atoms with Crippen molar-refractivity contribution in [1.82, 2.24) is 0 Å². The van der Waals surface area contributed by atoms with E-state index in [-0.39, 0.29) is 11.6 Å². The molecule has 94 valence electrons. The van der Waals surface area contributed by atoms with Crippen LogP contribution in [0.2, 0.25) is 0 Å². The summed E-state index contributed by atoms with van der Waals surface area (Å²) in [5.74, 6) is -1.11. The lowest BCUT2D eigenvalue weighted by Crippen LogP contribution is -2.34. The van der Waals surface area contributed by atoms with E-state index in [1.54, 1.807) is 6.07 Å². The van der Waals surface area contributed by atoms with E-state index in [4.69, 9.17) is 11.5 Å². The standard InChI is InChI=1S/C12H18FN3O/c1-7(2)9(14)6-16-10-5-3-4-8(13)11(10)12(15)17/h3-5,7,9,16H,6,14H2,1-2H3,(H2,15,17). The highest BCUT2D eigenvalue weighted by Gasteiger charge is 2.14. The molecule has 1 rings (SSSR count). The molecular formula is C12H18FN3O. The van der Waals surface area contributed by atoms with Crippen molar-refractivity contribution in [3.05, 3.63) is 29.6 Å². The van der Waals surface area contributed by atoms with Crippen molar-refractivity contribution in [2.24, 2.45) is 17.4 Å². The van der Waals surface area contributed by atoms with Gasteiger partial charge in [-0.1, -0.05) is 19.9 Å². The van der Waals surface area contributed by atoms with Crippen LogP contribution in [0.4, 0.5) is 10.1 Å². The summed E-state index contributed by atoms with van der Waals surface area (Å²) < 4.78 is 13.4. The highest BCUT2D eigenvalue weighted by molar-refractivity contribution is 5.98. The molecule has 17 heavy (non-hydrogen) atoms. The van der Waals surface area contributed by atoms with E-state index >= 15 is 0 Å². The molecule has 0 bridgehead atoms. The lowest BCUT2D eigenvalue weighted by atomic mass is 10.1. The zero-order chi connectivity index (χ0) is 13.0. The number of rotatable bonds is 5. The van der Waals surface area contributed by atoms with E-state index in [0.717, 1.165) is 0 Å². The summed E-state index contributed by atoms with van der Waals surface area (Å²) >= 11 is 0. The molecule has 0 aromatic heterocycles. The molecule has 0 fully saturated rings. The van der Waals surface area contributed by atoms with Crippen LogP contribution in [0.1, 0.15) is 24.2 Å². The van der Waals surface area contributed by atoms with Crippen LogP contribution in [0.25, 0.3) is 0 Å². The smallest absolute Gasteiger partial charge is 0.253 e. The molecule has 1 aromatic carbocycles. The Labute approximate surface area is 100 Å². The molecule has 1 atom stereocenters. The number of anilines is 1. The molecule has 0 aliphatic heterocycles. The first kappa shape index (κ1) is 13.4. The summed E-state index contributed by atoms with van der Waals surface area (Å²) in [5, 5.41) is 2.95. The fraction of sp³-hybridized carbons (Fsp3) is 0.417. The van der Waals surface area contributed by atoms with Crippen LogP contribution in [0.5, 0.6) is 0 Å². The van der Waals surface area contributed by atoms with Gasteiger partial charge in [0.25, 0.3) is 5.91 Å². The number of amides is 1. The van der Waals surface area contributed by atoms with E-state index in [1.807, 2.05) is 13.8 Å². The summed E-state index contributed by atoms with van der Waals surface area (Å²) in [4.78, 5) is 11.1. The zero-order valence-electron chi connectivity index (χ0n) is 10.0. The van der Waals surface area contributed by atoms with Gasteiger partial charge in [0.2, 0.25) is 0 Å². The summed E-state index contributed by atoms with van der Waals surface area (Å²) in [6.07, 6.45) is 0. The van der Waals surface area contributed by atoms with Crippen LogP contribution < -0.4 is 16.8 Å². The average Bonchev–Trinajstić information content (AvgIpc) is 2.24. The van der Waals surface area contributed by atoms with Gasteiger partial charge in [0, 0.05) is 18.3 Å². The number of carbonyl (C=O) groups excluding carboxylic acids is 1. The predicted molar refractivity (Wildman–Crippen MR) is 66.2 cm³/mol. The Balaban J connectivity index is 2.84. The molecule has 5 heteroatoms. The van der Waals surface area contributed by atoms with Crippen LogP contribution in [-0.2, 0) is 0 Å². The quantitative estimate of drug-likeness (QED) is 0.724. The number of halogens is 1. The molecular weight excluding hydrogens is 221 g/mol. The first-order valence-electron chi connectivity index (χ1n) is 5.51. The van der Waals surface area contributed by atoms with Gasteiger partial charge in [-0.3, -0.25) is 4.79 Å². The third-order valence-corrected chi connectivity index (χ3v) is 2.64. The summed E-state index contributed by atoms with van der Waals surface area (Å²) in [6.45, 7) is 4.45. The Hall–Kier alpha value is -1.62. The average molecular weight is 239 g/mol. The maximum Gasteiger partial charge on any atom is 0.253 e. The normalized spacial score (nSPS) is 12.5. The lowest BCUT2D eigenvalue weighted by Gasteiger charge is -2.18. The SMILES string of the molecule is CC(C)C(N)CNc1cccc(F)c1C(N)=O. The number of nitrogens with two attached hydrogens (primary N) is 2. The minimum atomic E-state index is -0.788. The fourth-order valence-electron chi connectivity index (χ4n) is 1.39. The molecule has 0 aliphatic carbocycles. The summed E-state index contributed by atoms with van der Waals surface area (Å²) in [6, 6.07) is 4.26. The van der Waals surface area contributed by atoms with Crippen LogP contribution in [-0.4, -0.2) is 18.5 Å². The molecule has 0 spiro atoms. The minimum absolute atomic E-state index is 0.0704. The zero-order valence-corrected chi connectivity index (χ0v) is 10.0.